The van der Waals surface area contributed by atoms with Crippen molar-refractivity contribution in [2.45, 2.75) is 20.1 Å². The smallest absolute Gasteiger partial charge is 0.262 e. The van der Waals surface area contributed by atoms with E-state index in [0.717, 1.165) is 10.9 Å². The summed E-state index contributed by atoms with van der Waals surface area (Å²) in [6.07, 6.45) is 1.57. The number of aromatic nitrogens is 2. The molecule has 0 aliphatic carbocycles. The Morgan fingerprint density at radius 1 is 1.38 bits per heavy atom. The van der Waals surface area contributed by atoms with Crippen LogP contribution in [0.4, 0.5) is 0 Å². The van der Waals surface area contributed by atoms with E-state index in [-0.39, 0.29) is 12.5 Å². The van der Waals surface area contributed by atoms with Gasteiger partial charge >= 0.3 is 0 Å². The number of aryl methyl sites for hydroxylation is 1. The summed E-state index contributed by atoms with van der Waals surface area (Å²) in [6.45, 7) is 2.48. The highest BCUT2D eigenvalue weighted by atomic mass is 32.1. The van der Waals surface area contributed by atoms with Gasteiger partial charge in [-0.2, -0.15) is 4.98 Å². The number of carbonyl (C=O) groups is 1. The topological polar surface area (TPSA) is 86.5 Å². The van der Waals surface area contributed by atoms with Gasteiger partial charge in [0.05, 0.1) is 30.2 Å². The molecule has 0 bridgehead atoms. The van der Waals surface area contributed by atoms with Gasteiger partial charge in [-0.3, -0.25) is 4.79 Å². The van der Waals surface area contributed by atoms with E-state index in [1.807, 2.05) is 13.0 Å². The van der Waals surface area contributed by atoms with Crippen LogP contribution in [-0.2, 0) is 17.9 Å². The number of fused-ring (bicyclic) bond motifs is 1. The third-order valence-corrected chi connectivity index (χ3v) is 4.66. The predicted molar refractivity (Wildman–Crippen MR) is 89.3 cm³/mol. The molecular formula is C16H17N3O4S. The molecule has 0 saturated carbocycles. The fourth-order valence-corrected chi connectivity index (χ4v) is 3.47. The van der Waals surface area contributed by atoms with Gasteiger partial charge in [-0.1, -0.05) is 0 Å². The number of methoxy groups -OCH3 is 2. The zero-order valence-electron chi connectivity index (χ0n) is 13.6. The largest absolute Gasteiger partial charge is 0.480 e. The average Bonchev–Trinajstić information content (AvgIpc) is 3.20. The molecule has 1 N–H and O–H groups in total. The summed E-state index contributed by atoms with van der Waals surface area (Å²) in [5.74, 6) is 1.49. The number of furan rings is 1. The molecule has 3 aromatic rings. The fraction of sp³-hybridized carbons (Fsp3) is 0.312. The molecule has 3 heterocycles. The molecule has 8 heteroatoms. The Kier molecular flexibility index (Phi) is 4.77. The Labute approximate surface area is 142 Å². The van der Waals surface area contributed by atoms with Crippen LogP contribution in [0.5, 0.6) is 5.88 Å². The van der Waals surface area contributed by atoms with Gasteiger partial charge in [0.15, 0.2) is 5.82 Å². The summed E-state index contributed by atoms with van der Waals surface area (Å²) in [7, 11) is 3.12. The minimum Gasteiger partial charge on any atom is -0.480 e. The van der Waals surface area contributed by atoms with Gasteiger partial charge in [0.1, 0.15) is 17.2 Å². The Bertz CT molecular complexity index is 858. The number of amides is 1. The maximum atomic E-state index is 12.5. The summed E-state index contributed by atoms with van der Waals surface area (Å²) >= 11 is 1.31. The van der Waals surface area contributed by atoms with Crippen molar-refractivity contribution in [2.75, 3.05) is 14.2 Å². The molecule has 0 aliphatic rings. The van der Waals surface area contributed by atoms with Crippen LogP contribution in [-0.4, -0.2) is 30.1 Å². The maximum Gasteiger partial charge on any atom is 0.262 e. The zero-order chi connectivity index (χ0) is 17.1. The van der Waals surface area contributed by atoms with E-state index >= 15 is 0 Å². The molecule has 0 saturated heterocycles. The van der Waals surface area contributed by atoms with Crippen LogP contribution < -0.4 is 10.1 Å². The second-order valence-corrected chi connectivity index (χ2v) is 6.08. The van der Waals surface area contributed by atoms with E-state index < -0.39 is 0 Å². The maximum absolute atomic E-state index is 12.5. The number of ether oxygens (including phenoxy) is 2. The third kappa shape index (κ3) is 3.10. The molecule has 0 atom stereocenters. The van der Waals surface area contributed by atoms with Crippen LogP contribution in [0, 0.1) is 6.92 Å². The number of hydrogen-bond donors (Lipinski definition) is 1. The lowest BCUT2D eigenvalue weighted by molar-refractivity contribution is 0.0951. The molecule has 0 fully saturated rings. The lowest BCUT2D eigenvalue weighted by Crippen LogP contribution is -2.22. The van der Waals surface area contributed by atoms with E-state index in [2.05, 4.69) is 15.3 Å². The molecule has 1 amide bonds. The lowest BCUT2D eigenvalue weighted by atomic mass is 10.2. The molecule has 0 aromatic carbocycles. The van der Waals surface area contributed by atoms with Crippen LogP contribution >= 0.6 is 11.3 Å². The minimum atomic E-state index is -0.178. The van der Waals surface area contributed by atoms with Gasteiger partial charge < -0.3 is 19.2 Å². The first-order chi connectivity index (χ1) is 11.6. The molecular weight excluding hydrogens is 330 g/mol. The van der Waals surface area contributed by atoms with Crippen LogP contribution in [0.3, 0.4) is 0 Å². The van der Waals surface area contributed by atoms with Gasteiger partial charge in [0.25, 0.3) is 5.91 Å². The highest BCUT2D eigenvalue weighted by Crippen LogP contribution is 2.35. The normalized spacial score (nSPS) is 11.0. The van der Waals surface area contributed by atoms with Crippen LogP contribution in [0.15, 0.2) is 22.8 Å². The van der Waals surface area contributed by atoms with E-state index in [1.165, 1.54) is 11.3 Å². The Hall–Kier alpha value is -2.45. The molecule has 3 aromatic heterocycles. The lowest BCUT2D eigenvalue weighted by Gasteiger charge is -2.05. The second kappa shape index (κ2) is 6.98. The van der Waals surface area contributed by atoms with Gasteiger partial charge in [-0.15, -0.1) is 11.3 Å². The van der Waals surface area contributed by atoms with Crippen molar-refractivity contribution in [1.82, 2.24) is 15.3 Å². The number of rotatable bonds is 6. The second-order valence-electron chi connectivity index (χ2n) is 5.08. The van der Waals surface area contributed by atoms with Crippen molar-refractivity contribution < 1.29 is 18.7 Å². The van der Waals surface area contributed by atoms with E-state index in [1.54, 1.807) is 26.5 Å². The summed E-state index contributed by atoms with van der Waals surface area (Å²) in [5, 5.41) is 3.60. The van der Waals surface area contributed by atoms with E-state index in [9.17, 15) is 4.79 Å². The monoisotopic (exact) mass is 347 g/mol. The van der Waals surface area contributed by atoms with Crippen LogP contribution in [0.2, 0.25) is 0 Å². The number of hydrogen-bond acceptors (Lipinski definition) is 7. The Morgan fingerprint density at radius 2 is 2.21 bits per heavy atom. The molecule has 3 rings (SSSR count). The van der Waals surface area contributed by atoms with Gasteiger partial charge in [-0.05, 0) is 24.6 Å². The number of thiophene rings is 1. The summed E-state index contributed by atoms with van der Waals surface area (Å²) in [5.41, 5.74) is 0.799. The van der Waals surface area contributed by atoms with Gasteiger partial charge in [0, 0.05) is 7.11 Å². The van der Waals surface area contributed by atoms with Gasteiger partial charge in [-0.25, -0.2) is 4.98 Å². The quantitative estimate of drug-likeness (QED) is 0.738. The third-order valence-electron chi connectivity index (χ3n) is 3.48. The highest BCUT2D eigenvalue weighted by molar-refractivity contribution is 7.20. The van der Waals surface area contributed by atoms with Gasteiger partial charge in [0.2, 0.25) is 5.88 Å². The summed E-state index contributed by atoms with van der Waals surface area (Å²) in [4.78, 5) is 22.6. The van der Waals surface area contributed by atoms with Crippen molar-refractivity contribution in [3.63, 3.8) is 0 Å². The predicted octanol–water partition coefficient (Wildman–Crippen LogP) is 2.68. The summed E-state index contributed by atoms with van der Waals surface area (Å²) in [6, 6.07) is 3.59. The summed E-state index contributed by atoms with van der Waals surface area (Å²) < 4.78 is 15.7. The number of carbonyl (C=O) groups excluding carboxylic acids is 1. The van der Waals surface area contributed by atoms with E-state index in [0.29, 0.717) is 33.7 Å². The minimum absolute atomic E-state index is 0.178. The molecule has 0 radical (unpaired) electrons. The molecule has 0 spiro atoms. The molecule has 7 nitrogen and oxygen atoms in total. The molecule has 126 valence electrons. The first-order valence-corrected chi connectivity index (χ1v) is 8.09. The van der Waals surface area contributed by atoms with Crippen molar-refractivity contribution >= 4 is 27.5 Å². The van der Waals surface area contributed by atoms with Crippen LogP contribution in [0.1, 0.15) is 26.8 Å². The average molecular weight is 347 g/mol. The Morgan fingerprint density at radius 3 is 2.88 bits per heavy atom. The first kappa shape index (κ1) is 16.4. The zero-order valence-corrected chi connectivity index (χ0v) is 14.4. The van der Waals surface area contributed by atoms with Crippen molar-refractivity contribution in [2.24, 2.45) is 0 Å². The number of nitrogens with zero attached hydrogens (tertiary/aromatic N) is 2. The molecule has 24 heavy (non-hydrogen) atoms. The molecule has 0 aliphatic heterocycles. The van der Waals surface area contributed by atoms with Crippen molar-refractivity contribution in [1.29, 1.82) is 0 Å². The van der Waals surface area contributed by atoms with E-state index in [4.69, 9.17) is 13.9 Å². The first-order valence-electron chi connectivity index (χ1n) is 7.27. The SMILES string of the molecule is COCc1nc(OC)c2c(C)c(C(=O)NCc3ccco3)sc2n1. The van der Waals surface area contributed by atoms with Crippen LogP contribution in [0.25, 0.3) is 10.2 Å². The Balaban J connectivity index is 1.93. The fourth-order valence-electron chi connectivity index (χ4n) is 2.36. The molecule has 0 unspecified atom stereocenters. The standard InChI is InChI=1S/C16H17N3O4S/c1-9-12-15(22-3)18-11(8-21-2)19-16(12)24-13(9)14(20)17-7-10-5-4-6-23-10/h4-6H,7-8H2,1-3H3,(H,17,20). The number of nitrogens with one attached hydrogen (secondary N) is 1. The highest BCUT2D eigenvalue weighted by Gasteiger charge is 2.21. The van der Waals surface area contributed by atoms with Crippen molar-refractivity contribution in [3.8, 4) is 5.88 Å². The van der Waals surface area contributed by atoms with Crippen molar-refractivity contribution in [3.05, 3.63) is 40.4 Å².